The average molecular weight is 263 g/mol. The number of ether oxygens (including phenoxy) is 1. The number of rotatable bonds is 3. The summed E-state index contributed by atoms with van der Waals surface area (Å²) in [4.78, 5) is 0. The van der Waals surface area contributed by atoms with E-state index in [-0.39, 0.29) is 11.3 Å². The Labute approximate surface area is 108 Å². The second kappa shape index (κ2) is 5.48. The number of halogens is 2. The molecular formula is C14H11F2NO2. The van der Waals surface area contributed by atoms with E-state index in [4.69, 9.17) is 9.94 Å². The Morgan fingerprint density at radius 2 is 1.79 bits per heavy atom. The fourth-order valence-corrected chi connectivity index (χ4v) is 1.70. The first kappa shape index (κ1) is 13.0. The minimum atomic E-state index is -0.788. The number of benzene rings is 2. The van der Waals surface area contributed by atoms with Crippen LogP contribution in [0.5, 0.6) is 5.75 Å². The van der Waals surface area contributed by atoms with Gasteiger partial charge in [-0.15, -0.1) is 0 Å². The van der Waals surface area contributed by atoms with Gasteiger partial charge in [-0.05, 0) is 36.4 Å². The van der Waals surface area contributed by atoms with Crippen molar-refractivity contribution in [1.29, 1.82) is 0 Å². The van der Waals surface area contributed by atoms with Gasteiger partial charge in [0.1, 0.15) is 23.1 Å². The highest BCUT2D eigenvalue weighted by Crippen LogP contribution is 2.18. The van der Waals surface area contributed by atoms with Crippen LogP contribution in [0.15, 0.2) is 47.6 Å². The molecule has 0 aliphatic heterocycles. The second-order valence-corrected chi connectivity index (χ2v) is 3.80. The largest absolute Gasteiger partial charge is 0.497 e. The van der Waals surface area contributed by atoms with E-state index in [2.05, 4.69) is 5.16 Å². The molecule has 98 valence electrons. The van der Waals surface area contributed by atoms with Crippen molar-refractivity contribution in [3.8, 4) is 5.75 Å². The van der Waals surface area contributed by atoms with Crippen LogP contribution in [0.2, 0.25) is 0 Å². The third kappa shape index (κ3) is 2.70. The van der Waals surface area contributed by atoms with E-state index in [1.807, 2.05) is 0 Å². The number of nitrogens with zero attached hydrogens (tertiary/aromatic N) is 1. The van der Waals surface area contributed by atoms with E-state index in [0.29, 0.717) is 11.3 Å². The fourth-order valence-electron chi connectivity index (χ4n) is 1.70. The molecular weight excluding hydrogens is 252 g/mol. The van der Waals surface area contributed by atoms with Crippen molar-refractivity contribution < 1.29 is 18.7 Å². The summed E-state index contributed by atoms with van der Waals surface area (Å²) in [5.41, 5.74) is 0.544. The Bertz CT molecular complexity index is 609. The van der Waals surface area contributed by atoms with Crippen LogP contribution in [0, 0.1) is 11.6 Å². The van der Waals surface area contributed by atoms with Crippen LogP contribution >= 0.6 is 0 Å². The molecule has 2 aromatic rings. The Morgan fingerprint density at radius 1 is 1.11 bits per heavy atom. The highest BCUT2D eigenvalue weighted by molar-refractivity contribution is 6.12. The Morgan fingerprint density at radius 3 is 2.32 bits per heavy atom. The van der Waals surface area contributed by atoms with Gasteiger partial charge in [-0.3, -0.25) is 0 Å². The summed E-state index contributed by atoms with van der Waals surface area (Å²) >= 11 is 0. The van der Waals surface area contributed by atoms with Crippen LogP contribution < -0.4 is 4.74 Å². The van der Waals surface area contributed by atoms with Gasteiger partial charge in [0.15, 0.2) is 0 Å². The fraction of sp³-hybridized carbons (Fsp3) is 0.0714. The lowest BCUT2D eigenvalue weighted by Gasteiger charge is -2.07. The number of hydrogen-bond donors (Lipinski definition) is 1. The third-order valence-electron chi connectivity index (χ3n) is 2.65. The van der Waals surface area contributed by atoms with Crippen molar-refractivity contribution in [3.63, 3.8) is 0 Å². The lowest BCUT2D eigenvalue weighted by molar-refractivity contribution is 0.319. The van der Waals surface area contributed by atoms with E-state index >= 15 is 0 Å². The maximum absolute atomic E-state index is 13.7. The summed E-state index contributed by atoms with van der Waals surface area (Å²) in [5, 5.41) is 12.1. The Balaban J connectivity index is 2.44. The van der Waals surface area contributed by atoms with E-state index in [0.717, 1.165) is 12.1 Å². The van der Waals surface area contributed by atoms with Crippen LogP contribution in [0.1, 0.15) is 11.1 Å². The van der Waals surface area contributed by atoms with Gasteiger partial charge in [0.2, 0.25) is 0 Å². The highest BCUT2D eigenvalue weighted by Gasteiger charge is 2.13. The first-order chi connectivity index (χ1) is 9.15. The summed E-state index contributed by atoms with van der Waals surface area (Å²) in [7, 11) is 1.52. The van der Waals surface area contributed by atoms with Gasteiger partial charge in [0.05, 0.1) is 7.11 Å². The zero-order chi connectivity index (χ0) is 13.8. The van der Waals surface area contributed by atoms with E-state index in [1.54, 1.807) is 24.3 Å². The van der Waals surface area contributed by atoms with Gasteiger partial charge in [0.25, 0.3) is 0 Å². The smallest absolute Gasteiger partial charge is 0.135 e. The minimum Gasteiger partial charge on any atom is -0.497 e. The van der Waals surface area contributed by atoms with Crippen molar-refractivity contribution in [1.82, 2.24) is 0 Å². The van der Waals surface area contributed by atoms with Crippen molar-refractivity contribution in [3.05, 3.63) is 65.2 Å². The summed E-state index contributed by atoms with van der Waals surface area (Å²) in [6, 6.07) is 9.62. The van der Waals surface area contributed by atoms with Crippen molar-refractivity contribution >= 4 is 5.71 Å². The minimum absolute atomic E-state index is 0.0223. The molecule has 0 aliphatic carbocycles. The van der Waals surface area contributed by atoms with Gasteiger partial charge < -0.3 is 9.94 Å². The molecule has 5 heteroatoms. The van der Waals surface area contributed by atoms with Crippen molar-refractivity contribution in [2.75, 3.05) is 7.11 Å². The van der Waals surface area contributed by atoms with E-state index < -0.39 is 11.6 Å². The van der Waals surface area contributed by atoms with E-state index in [9.17, 15) is 8.78 Å². The van der Waals surface area contributed by atoms with Gasteiger partial charge >= 0.3 is 0 Å². The maximum Gasteiger partial charge on any atom is 0.135 e. The molecule has 2 rings (SSSR count). The Kier molecular flexibility index (Phi) is 3.75. The van der Waals surface area contributed by atoms with Crippen LogP contribution in [-0.4, -0.2) is 18.0 Å². The highest BCUT2D eigenvalue weighted by atomic mass is 19.1. The molecule has 0 bridgehead atoms. The predicted octanol–water partition coefficient (Wildman–Crippen LogP) is 3.20. The molecule has 19 heavy (non-hydrogen) atoms. The quantitative estimate of drug-likeness (QED) is 0.525. The molecule has 0 fully saturated rings. The third-order valence-corrected chi connectivity index (χ3v) is 2.65. The molecule has 0 radical (unpaired) electrons. The monoisotopic (exact) mass is 263 g/mol. The molecule has 0 saturated heterocycles. The van der Waals surface area contributed by atoms with Crippen LogP contribution in [-0.2, 0) is 0 Å². The molecule has 0 saturated carbocycles. The van der Waals surface area contributed by atoms with Gasteiger partial charge in [-0.25, -0.2) is 8.78 Å². The normalized spacial score (nSPS) is 11.4. The summed E-state index contributed by atoms with van der Waals surface area (Å²) in [5.74, 6) is -0.850. The first-order valence-corrected chi connectivity index (χ1v) is 5.47. The van der Waals surface area contributed by atoms with Gasteiger partial charge in [-0.2, -0.15) is 0 Å². The topological polar surface area (TPSA) is 41.8 Å². The van der Waals surface area contributed by atoms with Crippen molar-refractivity contribution in [2.45, 2.75) is 0 Å². The first-order valence-electron chi connectivity index (χ1n) is 5.47. The molecule has 0 atom stereocenters. The van der Waals surface area contributed by atoms with Crippen LogP contribution in [0.3, 0.4) is 0 Å². The molecule has 0 heterocycles. The predicted molar refractivity (Wildman–Crippen MR) is 66.8 cm³/mol. The second-order valence-electron chi connectivity index (χ2n) is 3.80. The number of methoxy groups -OCH3 is 1. The molecule has 1 N–H and O–H groups in total. The molecule has 0 unspecified atom stereocenters. The zero-order valence-corrected chi connectivity index (χ0v) is 10.1. The number of oxime groups is 1. The molecule has 0 spiro atoms. The molecule has 0 amide bonds. The summed E-state index contributed by atoms with van der Waals surface area (Å²) in [6.45, 7) is 0. The van der Waals surface area contributed by atoms with Crippen LogP contribution in [0.25, 0.3) is 0 Å². The Hall–Kier alpha value is -2.43. The molecule has 0 aliphatic rings. The number of hydrogen-bond acceptors (Lipinski definition) is 3. The van der Waals surface area contributed by atoms with Crippen molar-refractivity contribution in [2.24, 2.45) is 5.16 Å². The van der Waals surface area contributed by atoms with E-state index in [1.165, 1.54) is 13.2 Å². The van der Waals surface area contributed by atoms with Gasteiger partial charge in [0, 0.05) is 17.2 Å². The summed E-state index contributed by atoms with van der Waals surface area (Å²) < 4.78 is 31.5. The zero-order valence-electron chi connectivity index (χ0n) is 10.1. The average Bonchev–Trinajstić information content (AvgIpc) is 2.42. The lowest BCUT2D eigenvalue weighted by Crippen LogP contribution is -2.06. The standard InChI is InChI=1S/C14H11F2NO2/c1-19-11-5-2-9(3-6-11)14(17-18)12-7-4-10(15)8-13(12)16/h2-8,18H,1H3/b17-14+. The van der Waals surface area contributed by atoms with Crippen LogP contribution in [0.4, 0.5) is 8.78 Å². The SMILES string of the molecule is COc1ccc(/C(=N\O)c2ccc(F)cc2F)cc1. The molecule has 0 aromatic heterocycles. The van der Waals surface area contributed by atoms with Gasteiger partial charge in [-0.1, -0.05) is 5.16 Å². The molecule has 2 aromatic carbocycles. The maximum atomic E-state index is 13.7. The lowest BCUT2D eigenvalue weighted by atomic mass is 10.0. The molecule has 3 nitrogen and oxygen atoms in total. The summed E-state index contributed by atoms with van der Waals surface area (Å²) in [6.07, 6.45) is 0.